The first kappa shape index (κ1) is 104. The van der Waals surface area contributed by atoms with E-state index >= 15 is 0 Å². The number of hydrogen-bond donors (Lipinski definition) is 3. The van der Waals surface area contributed by atoms with Crippen molar-refractivity contribution >= 4 is 39.5 Å². The standard InChI is InChI=1S/C89H158O17P2/c1-5-9-13-17-21-25-29-33-37-41-45-49-53-57-61-65-69-73-86(91)99-79-84(105-88(93)75-71-67-63-59-55-51-47-43-39-35-31-27-23-19-15-11-7-3)81-103-107(95,96)101-77-83(90)78-102-108(97,98)104-82-85(106-89(94)76-72-68-64-60-56-52-48-44-40-36-32-28-24-20-16-12-8-4)80-100-87(92)74-70-66-62-58-54-50-46-42-38-34-30-26-22-18-14-10-6-2/h21,23,25,27,33,35,37,39,45,47,49,51,57,59,61,63,83-85,90H,5-20,22,24,26,28-32,34,36,38,40-44,46,48,50,52-56,58,60,62,64-82H2,1-4H3,(H,95,96)(H,97,98)/b25-21-,27-23-,37-33-,39-35-,49-45-,51-47-,61-57-,63-59-/t83-,84+,85+/m0/s1. The van der Waals surface area contributed by atoms with Crippen molar-refractivity contribution in [2.75, 3.05) is 39.6 Å². The molecule has 3 N–H and O–H groups in total. The summed E-state index contributed by atoms with van der Waals surface area (Å²) in [6.45, 7) is 4.79. The summed E-state index contributed by atoms with van der Waals surface area (Å²) in [5, 5.41) is 10.7. The molecule has 626 valence electrons. The van der Waals surface area contributed by atoms with Gasteiger partial charge in [0.25, 0.3) is 0 Å². The van der Waals surface area contributed by atoms with Crippen LogP contribution in [-0.4, -0.2) is 96.7 Å². The third-order valence-electron chi connectivity index (χ3n) is 18.6. The summed E-state index contributed by atoms with van der Waals surface area (Å²) >= 11 is 0. The van der Waals surface area contributed by atoms with E-state index in [1.165, 1.54) is 199 Å². The maximum atomic E-state index is 13.1. The van der Waals surface area contributed by atoms with Crippen LogP contribution >= 0.6 is 15.6 Å². The highest BCUT2D eigenvalue weighted by atomic mass is 31.2. The number of carbonyl (C=O) groups excluding carboxylic acids is 4. The Morgan fingerprint density at radius 3 is 0.741 bits per heavy atom. The van der Waals surface area contributed by atoms with Gasteiger partial charge in [0.15, 0.2) is 12.2 Å². The first-order valence-corrected chi connectivity index (χ1v) is 46.5. The summed E-state index contributed by atoms with van der Waals surface area (Å²) in [5.41, 5.74) is 0. The molecule has 0 fully saturated rings. The average Bonchev–Trinajstić information content (AvgIpc) is 0.880. The van der Waals surface area contributed by atoms with E-state index in [1.807, 2.05) is 24.3 Å². The van der Waals surface area contributed by atoms with Crippen LogP contribution < -0.4 is 0 Å². The lowest BCUT2D eigenvalue weighted by molar-refractivity contribution is -0.161. The molecule has 0 saturated carbocycles. The summed E-state index contributed by atoms with van der Waals surface area (Å²) in [4.78, 5) is 73.2. The summed E-state index contributed by atoms with van der Waals surface area (Å²) < 4.78 is 68.7. The molecule has 0 amide bonds. The molecule has 19 heteroatoms. The van der Waals surface area contributed by atoms with Gasteiger partial charge < -0.3 is 33.8 Å². The molecule has 0 aromatic rings. The molecule has 0 aliphatic rings. The number of esters is 4. The van der Waals surface area contributed by atoms with E-state index in [1.54, 1.807) is 0 Å². The van der Waals surface area contributed by atoms with Crippen molar-refractivity contribution in [1.82, 2.24) is 0 Å². The predicted molar refractivity (Wildman–Crippen MR) is 446 cm³/mol. The fraction of sp³-hybridized carbons (Fsp3) is 0.775. The van der Waals surface area contributed by atoms with Gasteiger partial charge in [-0.2, -0.15) is 0 Å². The Labute approximate surface area is 658 Å². The zero-order valence-electron chi connectivity index (χ0n) is 68.8. The first-order chi connectivity index (χ1) is 52.7. The average molecular weight is 1560 g/mol. The van der Waals surface area contributed by atoms with Gasteiger partial charge in [-0.3, -0.25) is 37.3 Å². The lowest BCUT2D eigenvalue weighted by Gasteiger charge is -2.21. The molecular formula is C89H158O17P2. The summed E-state index contributed by atoms with van der Waals surface area (Å²) in [7, 11) is -9.99. The van der Waals surface area contributed by atoms with E-state index < -0.39 is 97.5 Å². The highest BCUT2D eigenvalue weighted by Gasteiger charge is 2.30. The van der Waals surface area contributed by atoms with Crippen molar-refractivity contribution in [3.63, 3.8) is 0 Å². The summed E-state index contributed by atoms with van der Waals surface area (Å²) in [5.74, 6) is -2.28. The largest absolute Gasteiger partial charge is 0.472 e. The molecule has 0 heterocycles. The number of ether oxygens (including phenoxy) is 4. The van der Waals surface area contributed by atoms with Gasteiger partial charge in [0.2, 0.25) is 0 Å². The van der Waals surface area contributed by atoms with Gasteiger partial charge in [0.05, 0.1) is 26.4 Å². The molecule has 5 atom stereocenters. The summed E-state index contributed by atoms with van der Waals surface area (Å²) in [6, 6.07) is 0. The van der Waals surface area contributed by atoms with Crippen molar-refractivity contribution in [2.45, 2.75) is 406 Å². The van der Waals surface area contributed by atoms with Crippen molar-refractivity contribution in [3.05, 3.63) is 97.2 Å². The number of hydrogen-bond acceptors (Lipinski definition) is 15. The molecule has 0 aliphatic carbocycles. The molecule has 0 aromatic heterocycles. The predicted octanol–water partition coefficient (Wildman–Crippen LogP) is 25.9. The van der Waals surface area contributed by atoms with E-state index in [0.29, 0.717) is 38.5 Å². The van der Waals surface area contributed by atoms with Crippen molar-refractivity contribution in [3.8, 4) is 0 Å². The van der Waals surface area contributed by atoms with Gasteiger partial charge in [-0.05, 0) is 103 Å². The SMILES string of the molecule is CCCCC/C=C\C/C=C\C/C=C\C/C=C\CCCC(=O)OC[C@H](COP(=O)(O)OC[C@H](O)COP(=O)(O)OC[C@@H](COC(=O)CCCCCCCCCCCCCCCCCCC)OC(=O)CCCCCCCCCCCCCCCCCCC)OC(=O)CCC/C=C\C/C=C\C/C=C\C/C=C\CCCCC. The van der Waals surface area contributed by atoms with Crippen LogP contribution in [0, 0.1) is 0 Å². The third kappa shape index (κ3) is 80.0. The van der Waals surface area contributed by atoms with Crippen molar-refractivity contribution in [1.29, 1.82) is 0 Å². The maximum Gasteiger partial charge on any atom is 0.472 e. The van der Waals surface area contributed by atoms with Gasteiger partial charge in [-0.25, -0.2) is 9.13 Å². The van der Waals surface area contributed by atoms with Crippen LogP contribution in [0.3, 0.4) is 0 Å². The van der Waals surface area contributed by atoms with Crippen LogP contribution in [0.5, 0.6) is 0 Å². The number of carbonyl (C=O) groups is 4. The topological polar surface area (TPSA) is 237 Å². The molecule has 17 nitrogen and oxygen atoms in total. The molecule has 0 radical (unpaired) electrons. The number of allylic oxidation sites excluding steroid dienone is 16. The quantitative estimate of drug-likeness (QED) is 0.0169. The first-order valence-electron chi connectivity index (χ1n) is 43.5. The van der Waals surface area contributed by atoms with Crippen LogP contribution in [0.25, 0.3) is 0 Å². The van der Waals surface area contributed by atoms with Crippen LogP contribution in [0.4, 0.5) is 0 Å². The van der Waals surface area contributed by atoms with Gasteiger partial charge in [-0.15, -0.1) is 0 Å². The normalized spacial score (nSPS) is 14.2. The van der Waals surface area contributed by atoms with Crippen LogP contribution in [0.1, 0.15) is 387 Å². The molecule has 0 aliphatic heterocycles. The fourth-order valence-corrected chi connectivity index (χ4v) is 13.5. The van der Waals surface area contributed by atoms with Crippen molar-refractivity contribution in [2.24, 2.45) is 0 Å². The minimum atomic E-state index is -5.01. The molecule has 0 rings (SSSR count). The zero-order valence-corrected chi connectivity index (χ0v) is 70.6. The zero-order chi connectivity index (χ0) is 78.9. The highest BCUT2D eigenvalue weighted by Crippen LogP contribution is 2.45. The fourth-order valence-electron chi connectivity index (χ4n) is 11.9. The smallest absolute Gasteiger partial charge is 0.462 e. The molecule has 0 saturated heterocycles. The number of phosphoric ester groups is 2. The third-order valence-corrected chi connectivity index (χ3v) is 20.5. The second kappa shape index (κ2) is 81.0. The molecule has 0 bridgehead atoms. The highest BCUT2D eigenvalue weighted by molar-refractivity contribution is 7.47. The van der Waals surface area contributed by atoms with E-state index in [0.717, 1.165) is 96.3 Å². The van der Waals surface area contributed by atoms with E-state index in [4.69, 9.17) is 37.0 Å². The second-order valence-electron chi connectivity index (χ2n) is 29.1. The number of aliphatic hydroxyl groups is 1. The van der Waals surface area contributed by atoms with E-state index in [9.17, 15) is 43.2 Å². The van der Waals surface area contributed by atoms with Gasteiger partial charge in [-0.1, -0.05) is 356 Å². The Morgan fingerprint density at radius 1 is 0.259 bits per heavy atom. The monoisotopic (exact) mass is 1560 g/mol. The minimum absolute atomic E-state index is 0.00793. The van der Waals surface area contributed by atoms with Crippen molar-refractivity contribution < 1.29 is 80.2 Å². The Hall–Kier alpha value is -4.02. The molecule has 0 spiro atoms. The molecule has 2 unspecified atom stereocenters. The van der Waals surface area contributed by atoms with Gasteiger partial charge in [0, 0.05) is 25.7 Å². The Morgan fingerprint density at radius 2 is 0.463 bits per heavy atom. The number of rotatable bonds is 82. The maximum absolute atomic E-state index is 13.1. The van der Waals surface area contributed by atoms with E-state index in [-0.39, 0.29) is 25.7 Å². The van der Waals surface area contributed by atoms with E-state index in [2.05, 4.69) is 101 Å². The Balaban J connectivity index is 5.43. The lowest BCUT2D eigenvalue weighted by Crippen LogP contribution is -2.30. The van der Waals surface area contributed by atoms with Crippen LogP contribution in [0.15, 0.2) is 97.2 Å². The van der Waals surface area contributed by atoms with Crippen LogP contribution in [0.2, 0.25) is 0 Å². The molecule has 108 heavy (non-hydrogen) atoms. The number of phosphoric acid groups is 2. The number of aliphatic hydroxyl groups excluding tert-OH is 1. The van der Waals surface area contributed by atoms with Crippen LogP contribution in [-0.2, 0) is 65.4 Å². The molecule has 0 aromatic carbocycles. The Bertz CT molecular complexity index is 2420. The van der Waals surface area contributed by atoms with Gasteiger partial charge in [0.1, 0.15) is 19.3 Å². The van der Waals surface area contributed by atoms with Gasteiger partial charge >= 0.3 is 39.5 Å². The summed E-state index contributed by atoms with van der Waals surface area (Å²) in [6.07, 6.45) is 88.1. The minimum Gasteiger partial charge on any atom is -0.462 e. The second-order valence-corrected chi connectivity index (χ2v) is 32.0. The molecular weight excluding hydrogens is 1400 g/mol. The lowest BCUT2D eigenvalue weighted by atomic mass is 10.0. The Kier molecular flexibility index (Phi) is 78.0. The number of unbranched alkanes of at least 4 members (excludes halogenated alkanes) is 40.